The molecule has 20 heavy (non-hydrogen) atoms. The van der Waals surface area contributed by atoms with E-state index >= 15 is 0 Å². The SMILES string of the molecule is COc1c(N)nc(C2=CC=C(Cl)C(F)(OC)C2)nc1Cl. The highest BCUT2D eigenvalue weighted by molar-refractivity contribution is 6.31. The molecule has 1 aromatic heterocycles. The molecule has 1 aliphatic carbocycles. The van der Waals surface area contributed by atoms with Crippen LogP contribution in [0.1, 0.15) is 12.2 Å². The number of nitrogens with zero attached hydrogens (tertiary/aromatic N) is 2. The normalized spacial score (nSPS) is 22.2. The Kier molecular flexibility index (Phi) is 4.17. The zero-order valence-electron chi connectivity index (χ0n) is 10.8. The van der Waals surface area contributed by atoms with E-state index in [1.54, 1.807) is 6.08 Å². The molecule has 1 aromatic rings. The summed E-state index contributed by atoms with van der Waals surface area (Å²) in [5.74, 6) is -1.65. The van der Waals surface area contributed by atoms with Gasteiger partial charge >= 0.3 is 0 Å². The number of allylic oxidation sites excluding steroid dienone is 2. The van der Waals surface area contributed by atoms with Gasteiger partial charge in [-0.05, 0) is 6.08 Å². The number of alkyl halides is 1. The first-order chi connectivity index (χ1) is 9.41. The molecule has 1 heterocycles. The number of rotatable bonds is 3. The van der Waals surface area contributed by atoms with Crippen molar-refractivity contribution < 1.29 is 13.9 Å². The minimum atomic E-state index is -2.10. The summed E-state index contributed by atoms with van der Waals surface area (Å²) < 4.78 is 24.1. The van der Waals surface area contributed by atoms with E-state index in [-0.39, 0.29) is 34.0 Å². The number of aromatic nitrogens is 2. The molecule has 8 heteroatoms. The second-order valence-electron chi connectivity index (χ2n) is 4.07. The van der Waals surface area contributed by atoms with Crippen molar-refractivity contribution in [3.63, 3.8) is 0 Å². The van der Waals surface area contributed by atoms with Crippen molar-refractivity contribution in [1.29, 1.82) is 0 Å². The van der Waals surface area contributed by atoms with Crippen LogP contribution in [0.5, 0.6) is 5.75 Å². The maximum Gasteiger partial charge on any atom is 0.249 e. The first kappa shape index (κ1) is 15.0. The third kappa shape index (κ3) is 2.59. The minimum absolute atomic E-state index is 0.0451. The molecule has 5 nitrogen and oxygen atoms in total. The van der Waals surface area contributed by atoms with Crippen LogP contribution in [0, 0.1) is 0 Å². The van der Waals surface area contributed by atoms with Crippen molar-refractivity contribution in [2.24, 2.45) is 0 Å². The lowest BCUT2D eigenvalue weighted by Crippen LogP contribution is -2.28. The molecule has 0 aromatic carbocycles. The number of ether oxygens (including phenoxy) is 2. The number of anilines is 1. The van der Waals surface area contributed by atoms with E-state index in [4.69, 9.17) is 38.4 Å². The topological polar surface area (TPSA) is 70.3 Å². The lowest BCUT2D eigenvalue weighted by Gasteiger charge is -2.26. The summed E-state index contributed by atoms with van der Waals surface area (Å²) >= 11 is 11.7. The molecule has 0 aliphatic heterocycles. The highest BCUT2D eigenvalue weighted by atomic mass is 35.5. The van der Waals surface area contributed by atoms with Crippen LogP contribution in [0.4, 0.5) is 10.2 Å². The lowest BCUT2D eigenvalue weighted by atomic mass is 9.99. The van der Waals surface area contributed by atoms with Crippen molar-refractivity contribution in [3.8, 4) is 5.75 Å². The number of methoxy groups -OCH3 is 2. The van der Waals surface area contributed by atoms with E-state index in [0.29, 0.717) is 5.57 Å². The van der Waals surface area contributed by atoms with Gasteiger partial charge in [-0.2, -0.15) is 0 Å². The summed E-state index contributed by atoms with van der Waals surface area (Å²) in [6.07, 6.45) is 2.85. The van der Waals surface area contributed by atoms with Crippen LogP contribution in [0.15, 0.2) is 17.2 Å². The van der Waals surface area contributed by atoms with E-state index in [9.17, 15) is 4.39 Å². The number of nitrogen functional groups attached to an aromatic ring is 1. The Morgan fingerprint density at radius 1 is 1.30 bits per heavy atom. The molecule has 0 saturated heterocycles. The van der Waals surface area contributed by atoms with Crippen molar-refractivity contribution in [3.05, 3.63) is 28.2 Å². The fourth-order valence-corrected chi connectivity index (χ4v) is 2.24. The summed E-state index contributed by atoms with van der Waals surface area (Å²) in [4.78, 5) is 8.09. The molecule has 108 valence electrons. The van der Waals surface area contributed by atoms with Gasteiger partial charge in [0.2, 0.25) is 5.85 Å². The van der Waals surface area contributed by atoms with Crippen LogP contribution in [0.3, 0.4) is 0 Å². The van der Waals surface area contributed by atoms with Crippen LogP contribution in [0.25, 0.3) is 5.57 Å². The lowest BCUT2D eigenvalue weighted by molar-refractivity contribution is -0.0789. The summed E-state index contributed by atoms with van der Waals surface area (Å²) in [5, 5.41) is 0.00903. The second kappa shape index (κ2) is 5.55. The van der Waals surface area contributed by atoms with E-state index in [0.717, 1.165) is 0 Å². The standard InChI is InChI=1S/C12H12Cl2FN3O2/c1-19-8-9(14)17-11(18-10(8)16)6-3-4-7(13)12(15,5-6)20-2/h3-4H,5H2,1-2H3,(H2,16,17,18). The van der Waals surface area contributed by atoms with Gasteiger partial charge in [0.05, 0.1) is 12.1 Å². The number of hydrogen-bond acceptors (Lipinski definition) is 5. The molecule has 2 rings (SSSR count). The smallest absolute Gasteiger partial charge is 0.249 e. The van der Waals surface area contributed by atoms with Gasteiger partial charge in [-0.3, -0.25) is 0 Å². The van der Waals surface area contributed by atoms with Crippen molar-refractivity contribution in [2.75, 3.05) is 20.0 Å². The molecular formula is C12H12Cl2FN3O2. The van der Waals surface area contributed by atoms with E-state index in [1.165, 1.54) is 20.3 Å². The van der Waals surface area contributed by atoms with Crippen LogP contribution in [-0.4, -0.2) is 30.0 Å². The van der Waals surface area contributed by atoms with Crippen molar-refractivity contribution in [2.45, 2.75) is 12.3 Å². The fourth-order valence-electron chi connectivity index (χ4n) is 1.78. The van der Waals surface area contributed by atoms with Crippen molar-refractivity contribution in [1.82, 2.24) is 9.97 Å². The molecule has 0 saturated carbocycles. The van der Waals surface area contributed by atoms with E-state index in [1.807, 2.05) is 0 Å². The molecular weight excluding hydrogens is 308 g/mol. The number of hydrogen-bond donors (Lipinski definition) is 1. The highest BCUT2D eigenvalue weighted by Gasteiger charge is 2.37. The summed E-state index contributed by atoms with van der Waals surface area (Å²) in [5.41, 5.74) is 6.18. The van der Waals surface area contributed by atoms with Crippen LogP contribution >= 0.6 is 23.2 Å². The zero-order valence-corrected chi connectivity index (χ0v) is 12.3. The second-order valence-corrected chi connectivity index (χ2v) is 4.84. The Hall–Kier alpha value is -1.37. The van der Waals surface area contributed by atoms with Crippen molar-refractivity contribution >= 4 is 34.6 Å². The first-order valence-electron chi connectivity index (χ1n) is 5.59. The molecule has 0 fully saturated rings. The number of halogens is 3. The highest BCUT2D eigenvalue weighted by Crippen LogP contribution is 2.40. The predicted molar refractivity (Wildman–Crippen MR) is 75.4 cm³/mol. The van der Waals surface area contributed by atoms with Crippen LogP contribution in [0.2, 0.25) is 5.15 Å². The minimum Gasteiger partial charge on any atom is -0.490 e. The average Bonchev–Trinajstić information content (AvgIpc) is 2.41. The Morgan fingerprint density at radius 3 is 2.55 bits per heavy atom. The van der Waals surface area contributed by atoms with Gasteiger partial charge in [0, 0.05) is 19.1 Å². The maximum absolute atomic E-state index is 14.4. The Balaban J connectivity index is 2.44. The quantitative estimate of drug-likeness (QED) is 0.867. The Labute approximate surface area is 125 Å². The molecule has 2 N–H and O–H groups in total. The van der Waals surface area contributed by atoms with Gasteiger partial charge in [-0.25, -0.2) is 14.4 Å². The van der Waals surface area contributed by atoms with Gasteiger partial charge < -0.3 is 15.2 Å². The molecule has 1 unspecified atom stereocenters. The largest absolute Gasteiger partial charge is 0.490 e. The van der Waals surface area contributed by atoms with Gasteiger partial charge in [-0.1, -0.05) is 29.3 Å². The fraction of sp³-hybridized carbons (Fsp3) is 0.333. The predicted octanol–water partition coefficient (Wildman–Crippen LogP) is 2.94. The van der Waals surface area contributed by atoms with Crippen LogP contribution < -0.4 is 10.5 Å². The van der Waals surface area contributed by atoms with E-state index < -0.39 is 5.85 Å². The van der Waals surface area contributed by atoms with E-state index in [2.05, 4.69) is 9.97 Å². The molecule has 0 bridgehead atoms. The van der Waals surface area contributed by atoms with Gasteiger partial charge in [-0.15, -0.1) is 0 Å². The first-order valence-corrected chi connectivity index (χ1v) is 6.35. The molecule has 0 amide bonds. The molecule has 0 spiro atoms. The summed E-state index contributed by atoms with van der Waals surface area (Å²) in [6.45, 7) is 0. The monoisotopic (exact) mass is 319 g/mol. The molecule has 1 atom stereocenters. The maximum atomic E-state index is 14.4. The average molecular weight is 320 g/mol. The van der Waals surface area contributed by atoms with Gasteiger partial charge in [0.15, 0.2) is 22.5 Å². The molecule has 0 radical (unpaired) electrons. The molecule has 1 aliphatic rings. The third-order valence-corrected chi connectivity index (χ3v) is 3.53. The number of nitrogens with two attached hydrogens (primary N) is 1. The van der Waals surface area contributed by atoms with Gasteiger partial charge in [0.1, 0.15) is 0 Å². The van der Waals surface area contributed by atoms with Crippen LogP contribution in [-0.2, 0) is 4.74 Å². The Morgan fingerprint density at radius 2 is 2.00 bits per heavy atom. The Bertz CT molecular complexity index is 583. The summed E-state index contributed by atoms with van der Waals surface area (Å²) in [7, 11) is 2.63. The summed E-state index contributed by atoms with van der Waals surface area (Å²) in [6, 6.07) is 0. The third-order valence-electron chi connectivity index (χ3n) is 2.87. The van der Waals surface area contributed by atoms with Gasteiger partial charge in [0.25, 0.3) is 0 Å². The zero-order chi connectivity index (χ0) is 14.9.